The van der Waals surface area contributed by atoms with E-state index in [0.717, 1.165) is 16.9 Å². The van der Waals surface area contributed by atoms with E-state index in [2.05, 4.69) is 15.2 Å². The number of nitrogens with zero attached hydrogens (tertiary/aromatic N) is 4. The summed E-state index contributed by atoms with van der Waals surface area (Å²) >= 11 is 12.5. The number of benzene rings is 1. The zero-order chi connectivity index (χ0) is 22.7. The van der Waals surface area contributed by atoms with Crippen LogP contribution in [0.5, 0.6) is 0 Å². The molecule has 0 unspecified atom stereocenters. The summed E-state index contributed by atoms with van der Waals surface area (Å²) in [5.74, 6) is 0.410. The molecule has 0 bridgehead atoms. The highest BCUT2D eigenvalue weighted by Gasteiger charge is 2.39. The van der Waals surface area contributed by atoms with Crippen LogP contribution in [0, 0.1) is 0 Å². The number of halogens is 2. The first-order chi connectivity index (χ1) is 15.4. The molecule has 3 N–H and O–H groups in total. The minimum Gasteiger partial charge on any atom is -0.368 e. The van der Waals surface area contributed by atoms with Crippen LogP contribution in [-0.4, -0.2) is 46.0 Å². The molecule has 4 rings (SSSR count). The highest BCUT2D eigenvalue weighted by atomic mass is 35.5. The largest absolute Gasteiger partial charge is 0.368 e. The van der Waals surface area contributed by atoms with E-state index in [9.17, 15) is 4.79 Å². The summed E-state index contributed by atoms with van der Waals surface area (Å²) in [5, 5.41) is 4.42. The first-order valence-electron chi connectivity index (χ1n) is 10.5. The number of nitrogens with two attached hydrogens (primary N) is 1. The van der Waals surface area contributed by atoms with Crippen molar-refractivity contribution in [2.45, 2.75) is 25.3 Å². The van der Waals surface area contributed by atoms with Crippen LogP contribution in [0.4, 0.5) is 5.82 Å². The number of hydrogen-bond donors (Lipinski definition) is 2. The average Bonchev–Trinajstić information content (AvgIpc) is 2.80. The fraction of sp³-hybridized carbons (Fsp3) is 0.304. The fourth-order valence-electron chi connectivity index (χ4n) is 4.07. The number of primary amides is 1. The molecule has 1 amide bonds. The quantitative estimate of drug-likeness (QED) is 0.565. The molecule has 0 atom stereocenters. The van der Waals surface area contributed by atoms with Crippen molar-refractivity contribution in [3.05, 3.63) is 59.0 Å². The third-order valence-corrected chi connectivity index (χ3v) is 6.39. The third-order valence-electron chi connectivity index (χ3n) is 5.83. The number of aromatic nitrogens is 3. The van der Waals surface area contributed by atoms with Gasteiger partial charge in [0, 0.05) is 41.6 Å². The molecular formula is C23H24Cl2N6O. The van der Waals surface area contributed by atoms with Gasteiger partial charge in [0.15, 0.2) is 0 Å². The number of anilines is 1. The van der Waals surface area contributed by atoms with E-state index in [1.807, 2.05) is 37.3 Å². The monoisotopic (exact) mass is 470 g/mol. The molecule has 1 fully saturated rings. The molecule has 32 heavy (non-hydrogen) atoms. The Morgan fingerprint density at radius 1 is 1.12 bits per heavy atom. The van der Waals surface area contributed by atoms with Gasteiger partial charge in [-0.2, -0.15) is 0 Å². The molecule has 0 saturated carbocycles. The van der Waals surface area contributed by atoms with Crippen LogP contribution in [0.2, 0.25) is 10.0 Å². The van der Waals surface area contributed by atoms with Crippen LogP contribution >= 0.6 is 23.2 Å². The number of nitrogens with one attached hydrogen (secondary N) is 1. The van der Waals surface area contributed by atoms with Gasteiger partial charge in [-0.3, -0.25) is 14.8 Å². The maximum absolute atomic E-state index is 12.1. The van der Waals surface area contributed by atoms with Crippen molar-refractivity contribution in [3.63, 3.8) is 0 Å². The van der Waals surface area contributed by atoms with Crippen molar-refractivity contribution in [1.29, 1.82) is 0 Å². The molecule has 7 nitrogen and oxygen atoms in total. The summed E-state index contributed by atoms with van der Waals surface area (Å²) in [7, 11) is 0. The Kier molecular flexibility index (Phi) is 6.60. The lowest BCUT2D eigenvalue weighted by atomic mass is 9.86. The number of hydrogen-bond acceptors (Lipinski definition) is 6. The second-order valence-electron chi connectivity index (χ2n) is 7.75. The highest BCUT2D eigenvalue weighted by molar-refractivity contribution is 6.33. The molecular weight excluding hydrogens is 447 g/mol. The number of piperidine rings is 1. The maximum atomic E-state index is 12.1. The molecule has 1 aliphatic heterocycles. The van der Waals surface area contributed by atoms with Crippen LogP contribution in [0.3, 0.4) is 0 Å². The molecule has 9 heteroatoms. The second-order valence-corrected chi connectivity index (χ2v) is 8.60. The van der Waals surface area contributed by atoms with Gasteiger partial charge in [-0.1, -0.05) is 42.3 Å². The van der Waals surface area contributed by atoms with Crippen LogP contribution in [0.15, 0.2) is 48.9 Å². The van der Waals surface area contributed by atoms with Crippen molar-refractivity contribution in [3.8, 4) is 22.5 Å². The van der Waals surface area contributed by atoms with Crippen LogP contribution in [0.1, 0.15) is 19.8 Å². The van der Waals surface area contributed by atoms with Gasteiger partial charge in [0.25, 0.3) is 0 Å². The summed E-state index contributed by atoms with van der Waals surface area (Å²) < 4.78 is 0. The summed E-state index contributed by atoms with van der Waals surface area (Å²) in [5.41, 5.74) is 8.02. The van der Waals surface area contributed by atoms with Crippen LogP contribution in [0.25, 0.3) is 22.5 Å². The molecule has 1 aliphatic rings. The molecule has 1 aromatic carbocycles. The van der Waals surface area contributed by atoms with Crippen LogP contribution < -0.4 is 16.0 Å². The number of amides is 1. The predicted octanol–water partition coefficient (Wildman–Crippen LogP) is 3.95. The van der Waals surface area contributed by atoms with Gasteiger partial charge in [-0.05, 0) is 37.6 Å². The van der Waals surface area contributed by atoms with E-state index in [1.165, 1.54) is 0 Å². The summed E-state index contributed by atoms with van der Waals surface area (Å²) in [4.78, 5) is 28.0. The van der Waals surface area contributed by atoms with Gasteiger partial charge >= 0.3 is 0 Å². The Labute approximate surface area is 197 Å². The minimum absolute atomic E-state index is 0.313. The van der Waals surface area contributed by atoms with Crippen LogP contribution in [-0.2, 0) is 4.79 Å². The normalized spacial score (nSPS) is 15.5. The molecule has 2 aromatic heterocycles. The van der Waals surface area contributed by atoms with E-state index < -0.39 is 5.54 Å². The number of carbonyl (C=O) groups excluding carboxylic acids is 1. The Morgan fingerprint density at radius 2 is 1.84 bits per heavy atom. The molecule has 0 spiro atoms. The Balaban J connectivity index is 1.71. The van der Waals surface area contributed by atoms with Gasteiger partial charge in [0.2, 0.25) is 5.91 Å². The molecule has 3 heterocycles. The number of rotatable bonds is 6. The standard InChI is InChI=1S/C23H24Cl2N6O/c1-2-29-23(22(26)32)8-11-31(12-9-23)19-14-28-20(15-3-5-16(24)6-4-15)21(30-19)17-7-10-27-13-18(17)25/h3-7,10,13-14,29H,2,8-9,11-12H2,1H3,(H2,26,32). The Bertz CT molecular complexity index is 1110. The van der Waals surface area contributed by atoms with Gasteiger partial charge < -0.3 is 16.0 Å². The van der Waals surface area contributed by atoms with E-state index in [0.29, 0.717) is 53.9 Å². The van der Waals surface area contributed by atoms with Crippen molar-refractivity contribution < 1.29 is 4.79 Å². The van der Waals surface area contributed by atoms with Gasteiger partial charge in [0.05, 0.1) is 16.9 Å². The Morgan fingerprint density at radius 3 is 2.47 bits per heavy atom. The molecule has 0 radical (unpaired) electrons. The Hall–Kier alpha value is -2.74. The minimum atomic E-state index is -0.681. The summed E-state index contributed by atoms with van der Waals surface area (Å²) in [6.45, 7) is 3.93. The van der Waals surface area contributed by atoms with Crippen molar-refractivity contribution in [2.24, 2.45) is 5.73 Å². The number of pyridine rings is 1. The first kappa shape index (κ1) is 22.5. The topological polar surface area (TPSA) is 97.0 Å². The average molecular weight is 471 g/mol. The van der Waals surface area contributed by atoms with E-state index in [-0.39, 0.29) is 5.91 Å². The molecule has 0 aliphatic carbocycles. The smallest absolute Gasteiger partial charge is 0.237 e. The lowest BCUT2D eigenvalue weighted by Crippen LogP contribution is -2.61. The van der Waals surface area contributed by atoms with E-state index in [4.69, 9.17) is 38.9 Å². The van der Waals surface area contributed by atoms with Gasteiger partial charge in [-0.15, -0.1) is 0 Å². The maximum Gasteiger partial charge on any atom is 0.237 e. The molecule has 1 saturated heterocycles. The predicted molar refractivity (Wildman–Crippen MR) is 128 cm³/mol. The SMILES string of the molecule is CCNC1(C(N)=O)CCN(c2cnc(-c3ccc(Cl)cc3)c(-c3ccncc3Cl)n2)CC1. The van der Waals surface area contributed by atoms with Gasteiger partial charge in [-0.25, -0.2) is 4.98 Å². The lowest BCUT2D eigenvalue weighted by molar-refractivity contribution is -0.125. The van der Waals surface area contributed by atoms with Crippen molar-refractivity contribution in [1.82, 2.24) is 20.3 Å². The van der Waals surface area contributed by atoms with E-state index >= 15 is 0 Å². The highest BCUT2D eigenvalue weighted by Crippen LogP contribution is 2.35. The summed E-state index contributed by atoms with van der Waals surface area (Å²) in [6.07, 6.45) is 6.23. The van der Waals surface area contributed by atoms with Gasteiger partial charge in [0.1, 0.15) is 17.1 Å². The third kappa shape index (κ3) is 4.41. The van der Waals surface area contributed by atoms with Crippen molar-refractivity contribution >= 4 is 34.9 Å². The fourth-order valence-corrected chi connectivity index (χ4v) is 4.41. The zero-order valence-corrected chi connectivity index (χ0v) is 19.2. The molecule has 3 aromatic rings. The van der Waals surface area contributed by atoms with Crippen molar-refractivity contribution in [2.75, 3.05) is 24.5 Å². The zero-order valence-electron chi connectivity index (χ0n) is 17.7. The summed E-state index contributed by atoms with van der Waals surface area (Å²) in [6, 6.07) is 9.28. The molecule has 166 valence electrons. The first-order valence-corrected chi connectivity index (χ1v) is 11.2. The van der Waals surface area contributed by atoms with E-state index in [1.54, 1.807) is 18.6 Å². The lowest BCUT2D eigenvalue weighted by Gasteiger charge is -2.40. The number of carbonyl (C=O) groups is 1. The number of likely N-dealkylation sites (N-methyl/N-ethyl adjacent to an activating group) is 1. The second kappa shape index (κ2) is 9.40.